The predicted octanol–water partition coefficient (Wildman–Crippen LogP) is -0.828. The highest BCUT2D eigenvalue weighted by Gasteiger charge is 2.18. The summed E-state index contributed by atoms with van der Waals surface area (Å²) in [5, 5.41) is 2.85. The number of carbonyl (C=O) groups excluding carboxylic acids is 1. The van der Waals surface area contributed by atoms with Crippen molar-refractivity contribution in [2.45, 2.75) is 19.4 Å². The van der Waals surface area contributed by atoms with E-state index in [1.54, 1.807) is 0 Å². The topological polar surface area (TPSA) is 67.6 Å². The SMILES string of the molecule is CCOC(CN)CN1CCCNC(=O)C1. The molecule has 1 amide bonds. The van der Waals surface area contributed by atoms with E-state index in [-0.39, 0.29) is 12.0 Å². The molecule has 15 heavy (non-hydrogen) atoms. The minimum Gasteiger partial charge on any atom is -0.376 e. The summed E-state index contributed by atoms with van der Waals surface area (Å²) in [4.78, 5) is 13.4. The zero-order chi connectivity index (χ0) is 11.1. The molecule has 1 atom stereocenters. The van der Waals surface area contributed by atoms with Crippen molar-refractivity contribution >= 4 is 5.91 Å². The summed E-state index contributed by atoms with van der Waals surface area (Å²) in [5.74, 6) is 0.0970. The number of rotatable bonds is 5. The average Bonchev–Trinajstić information content (AvgIpc) is 2.42. The Kier molecular flexibility index (Phi) is 5.60. The van der Waals surface area contributed by atoms with E-state index < -0.39 is 0 Å². The van der Waals surface area contributed by atoms with Gasteiger partial charge in [0, 0.05) is 32.8 Å². The summed E-state index contributed by atoms with van der Waals surface area (Å²) >= 11 is 0. The molecule has 88 valence electrons. The fourth-order valence-corrected chi connectivity index (χ4v) is 1.74. The van der Waals surface area contributed by atoms with Gasteiger partial charge < -0.3 is 15.8 Å². The first-order valence-electron chi connectivity index (χ1n) is 5.57. The third-order valence-electron chi connectivity index (χ3n) is 2.47. The van der Waals surface area contributed by atoms with Gasteiger partial charge in [-0.2, -0.15) is 0 Å². The Morgan fingerprint density at radius 1 is 1.67 bits per heavy atom. The molecule has 1 aliphatic rings. The van der Waals surface area contributed by atoms with Gasteiger partial charge in [0.2, 0.25) is 5.91 Å². The molecule has 0 radical (unpaired) electrons. The maximum absolute atomic E-state index is 11.3. The highest BCUT2D eigenvalue weighted by molar-refractivity contribution is 5.78. The second-order valence-corrected chi connectivity index (χ2v) is 3.75. The van der Waals surface area contributed by atoms with Gasteiger partial charge in [0.1, 0.15) is 0 Å². The third kappa shape index (κ3) is 4.59. The fraction of sp³-hybridized carbons (Fsp3) is 0.900. The van der Waals surface area contributed by atoms with Gasteiger partial charge in [-0.3, -0.25) is 9.69 Å². The molecule has 1 saturated heterocycles. The fourth-order valence-electron chi connectivity index (χ4n) is 1.74. The van der Waals surface area contributed by atoms with Crippen molar-refractivity contribution in [3.05, 3.63) is 0 Å². The largest absolute Gasteiger partial charge is 0.376 e. The smallest absolute Gasteiger partial charge is 0.234 e. The Morgan fingerprint density at radius 3 is 3.13 bits per heavy atom. The van der Waals surface area contributed by atoms with Crippen LogP contribution in [-0.4, -0.2) is 56.2 Å². The maximum atomic E-state index is 11.3. The molecule has 0 aromatic heterocycles. The third-order valence-corrected chi connectivity index (χ3v) is 2.47. The molecule has 5 heteroatoms. The molecule has 0 aromatic rings. The van der Waals surface area contributed by atoms with Crippen molar-refractivity contribution < 1.29 is 9.53 Å². The summed E-state index contributed by atoms with van der Waals surface area (Å²) in [7, 11) is 0. The molecule has 0 spiro atoms. The summed E-state index contributed by atoms with van der Waals surface area (Å²) in [6, 6.07) is 0. The standard InChI is InChI=1S/C10H21N3O2/c1-2-15-9(6-11)7-13-5-3-4-12-10(14)8-13/h9H,2-8,11H2,1H3,(H,12,14). The van der Waals surface area contributed by atoms with Crippen LogP contribution in [-0.2, 0) is 9.53 Å². The molecule has 1 heterocycles. The van der Waals surface area contributed by atoms with Crippen molar-refractivity contribution in [1.29, 1.82) is 0 Å². The lowest BCUT2D eigenvalue weighted by Gasteiger charge is -2.24. The Hall–Kier alpha value is -0.650. The first kappa shape index (κ1) is 12.4. The van der Waals surface area contributed by atoms with Crippen molar-refractivity contribution in [1.82, 2.24) is 10.2 Å². The molecule has 0 saturated carbocycles. The molecule has 1 unspecified atom stereocenters. The number of amides is 1. The summed E-state index contributed by atoms with van der Waals surface area (Å²) in [5.41, 5.74) is 5.60. The number of nitrogens with two attached hydrogens (primary N) is 1. The summed E-state index contributed by atoms with van der Waals surface area (Å²) in [6.45, 7) is 6.05. The van der Waals surface area contributed by atoms with Gasteiger partial charge in [0.15, 0.2) is 0 Å². The van der Waals surface area contributed by atoms with Gasteiger partial charge >= 0.3 is 0 Å². The van der Waals surface area contributed by atoms with Crippen LogP contribution in [0.25, 0.3) is 0 Å². The molecule has 0 aromatic carbocycles. The molecule has 3 N–H and O–H groups in total. The van der Waals surface area contributed by atoms with Crippen LogP contribution in [0.1, 0.15) is 13.3 Å². The Morgan fingerprint density at radius 2 is 2.47 bits per heavy atom. The average molecular weight is 215 g/mol. The van der Waals surface area contributed by atoms with Crippen molar-refractivity contribution in [2.24, 2.45) is 5.73 Å². The Balaban J connectivity index is 2.36. The lowest BCUT2D eigenvalue weighted by atomic mass is 10.3. The summed E-state index contributed by atoms with van der Waals surface area (Å²) in [6.07, 6.45) is 1.04. The zero-order valence-corrected chi connectivity index (χ0v) is 9.37. The van der Waals surface area contributed by atoms with Crippen LogP contribution < -0.4 is 11.1 Å². The number of ether oxygens (including phenoxy) is 1. The highest BCUT2D eigenvalue weighted by atomic mass is 16.5. The van der Waals surface area contributed by atoms with E-state index in [0.717, 1.165) is 26.1 Å². The van der Waals surface area contributed by atoms with Gasteiger partial charge in [0.05, 0.1) is 12.6 Å². The second kappa shape index (κ2) is 6.76. The van der Waals surface area contributed by atoms with E-state index in [9.17, 15) is 4.79 Å². The molecule has 0 aliphatic carbocycles. The van der Waals surface area contributed by atoms with Gasteiger partial charge in [-0.1, -0.05) is 0 Å². The number of hydrogen-bond donors (Lipinski definition) is 2. The molecule has 5 nitrogen and oxygen atoms in total. The van der Waals surface area contributed by atoms with E-state index in [4.69, 9.17) is 10.5 Å². The maximum Gasteiger partial charge on any atom is 0.234 e. The van der Waals surface area contributed by atoms with E-state index in [0.29, 0.717) is 19.7 Å². The zero-order valence-electron chi connectivity index (χ0n) is 9.37. The molecule has 1 rings (SSSR count). The van der Waals surface area contributed by atoms with Crippen LogP contribution in [0, 0.1) is 0 Å². The van der Waals surface area contributed by atoms with Crippen LogP contribution in [0.2, 0.25) is 0 Å². The highest BCUT2D eigenvalue weighted by Crippen LogP contribution is 2.00. The molecule has 1 fully saturated rings. The molecular weight excluding hydrogens is 194 g/mol. The quantitative estimate of drug-likeness (QED) is 0.628. The van der Waals surface area contributed by atoms with E-state index in [1.807, 2.05) is 6.92 Å². The molecule has 1 aliphatic heterocycles. The van der Waals surface area contributed by atoms with Gasteiger partial charge in [-0.15, -0.1) is 0 Å². The normalized spacial score (nSPS) is 20.8. The first-order valence-corrected chi connectivity index (χ1v) is 5.57. The van der Waals surface area contributed by atoms with Crippen LogP contribution in [0.15, 0.2) is 0 Å². The number of nitrogens with one attached hydrogen (secondary N) is 1. The van der Waals surface area contributed by atoms with Gasteiger partial charge in [-0.05, 0) is 13.3 Å². The Bertz CT molecular complexity index is 199. The van der Waals surface area contributed by atoms with Crippen molar-refractivity contribution in [2.75, 3.05) is 39.3 Å². The number of hydrogen-bond acceptors (Lipinski definition) is 4. The van der Waals surface area contributed by atoms with Gasteiger partial charge in [-0.25, -0.2) is 0 Å². The molecular formula is C10H21N3O2. The van der Waals surface area contributed by atoms with Gasteiger partial charge in [0.25, 0.3) is 0 Å². The first-order chi connectivity index (χ1) is 7.26. The van der Waals surface area contributed by atoms with E-state index in [1.165, 1.54) is 0 Å². The van der Waals surface area contributed by atoms with Crippen molar-refractivity contribution in [3.8, 4) is 0 Å². The Labute approximate surface area is 90.9 Å². The minimum absolute atomic E-state index is 0.0425. The predicted molar refractivity (Wildman–Crippen MR) is 58.5 cm³/mol. The number of nitrogens with zero attached hydrogens (tertiary/aromatic N) is 1. The van der Waals surface area contributed by atoms with E-state index >= 15 is 0 Å². The summed E-state index contributed by atoms with van der Waals surface area (Å²) < 4.78 is 5.47. The van der Waals surface area contributed by atoms with Crippen LogP contribution in [0.3, 0.4) is 0 Å². The monoisotopic (exact) mass is 215 g/mol. The lowest BCUT2D eigenvalue weighted by Crippen LogP contribution is -2.41. The minimum atomic E-state index is 0.0425. The van der Waals surface area contributed by atoms with Crippen LogP contribution >= 0.6 is 0 Å². The van der Waals surface area contributed by atoms with Crippen LogP contribution in [0.4, 0.5) is 0 Å². The molecule has 0 bridgehead atoms. The van der Waals surface area contributed by atoms with Crippen LogP contribution in [0.5, 0.6) is 0 Å². The number of carbonyl (C=O) groups is 1. The van der Waals surface area contributed by atoms with Crippen molar-refractivity contribution in [3.63, 3.8) is 0 Å². The van der Waals surface area contributed by atoms with E-state index in [2.05, 4.69) is 10.2 Å². The lowest BCUT2D eigenvalue weighted by molar-refractivity contribution is -0.121. The second-order valence-electron chi connectivity index (χ2n) is 3.75.